The summed E-state index contributed by atoms with van der Waals surface area (Å²) in [7, 11) is 1.64. The number of anilines is 5. The Balaban J connectivity index is 1.30. The number of hydrogen-bond acceptors (Lipinski definition) is 9. The number of nitrogens with two attached hydrogens (primary N) is 1. The number of nitrogens with one attached hydrogen (secondary N) is 2. The van der Waals surface area contributed by atoms with Crippen LogP contribution in [-0.4, -0.2) is 73.3 Å². The van der Waals surface area contributed by atoms with Gasteiger partial charge in [0, 0.05) is 43.6 Å². The van der Waals surface area contributed by atoms with Gasteiger partial charge in [-0.1, -0.05) is 17.7 Å². The van der Waals surface area contributed by atoms with Gasteiger partial charge in [0.2, 0.25) is 11.9 Å². The predicted molar refractivity (Wildman–Crippen MR) is 154 cm³/mol. The summed E-state index contributed by atoms with van der Waals surface area (Å²) in [5, 5.41) is 6.99. The molecule has 0 saturated carbocycles. The van der Waals surface area contributed by atoms with E-state index in [9.17, 15) is 4.79 Å². The summed E-state index contributed by atoms with van der Waals surface area (Å²) in [6.07, 6.45) is 3.27. The molecule has 3 heterocycles. The van der Waals surface area contributed by atoms with Crippen molar-refractivity contribution < 1.29 is 14.3 Å². The van der Waals surface area contributed by atoms with E-state index >= 15 is 0 Å². The number of carbonyl (C=O) groups excluding carboxylic acids is 1. The zero-order chi connectivity index (χ0) is 27.4. The van der Waals surface area contributed by atoms with Crippen molar-refractivity contribution in [3.8, 4) is 5.75 Å². The number of aromatic nitrogens is 2. The van der Waals surface area contributed by atoms with Gasteiger partial charge in [0.15, 0.2) is 5.82 Å². The summed E-state index contributed by atoms with van der Waals surface area (Å²) in [5.74, 6) is 1.28. The van der Waals surface area contributed by atoms with Gasteiger partial charge in [-0.05, 0) is 55.2 Å². The van der Waals surface area contributed by atoms with Crippen LogP contribution in [0.5, 0.6) is 5.75 Å². The first-order chi connectivity index (χ1) is 18.9. The number of fused-ring (bicyclic) bond motifs is 1. The van der Waals surface area contributed by atoms with Crippen LogP contribution in [0.1, 0.15) is 18.1 Å². The second-order valence-corrected chi connectivity index (χ2v) is 10.1. The molecule has 1 unspecified atom stereocenters. The second kappa shape index (κ2) is 12.1. The van der Waals surface area contributed by atoms with Crippen LogP contribution in [0.4, 0.5) is 28.8 Å². The molecule has 11 heteroatoms. The van der Waals surface area contributed by atoms with E-state index in [0.717, 1.165) is 56.1 Å². The van der Waals surface area contributed by atoms with Crippen LogP contribution in [0, 0.1) is 0 Å². The summed E-state index contributed by atoms with van der Waals surface area (Å²) >= 11 is 6.46. The van der Waals surface area contributed by atoms with Gasteiger partial charge in [-0.25, -0.2) is 4.98 Å². The van der Waals surface area contributed by atoms with E-state index in [2.05, 4.69) is 42.5 Å². The maximum Gasteiger partial charge on any atom is 0.234 e. The molecule has 39 heavy (non-hydrogen) atoms. The van der Waals surface area contributed by atoms with Crippen molar-refractivity contribution in [1.82, 2.24) is 14.9 Å². The van der Waals surface area contributed by atoms with Crippen LogP contribution in [0.3, 0.4) is 0 Å². The zero-order valence-corrected chi connectivity index (χ0v) is 23.0. The Labute approximate surface area is 233 Å². The van der Waals surface area contributed by atoms with Crippen LogP contribution in [0.2, 0.25) is 5.02 Å². The Hall–Kier alpha value is -3.60. The molecule has 4 N–H and O–H groups in total. The van der Waals surface area contributed by atoms with Crippen LogP contribution in [-0.2, 0) is 22.4 Å². The molecule has 1 atom stereocenters. The fourth-order valence-electron chi connectivity index (χ4n) is 4.96. The number of primary amides is 1. The monoisotopic (exact) mass is 551 g/mol. The minimum Gasteiger partial charge on any atom is -0.494 e. The molecule has 1 amide bonds. The van der Waals surface area contributed by atoms with Crippen molar-refractivity contribution in [1.29, 1.82) is 0 Å². The Morgan fingerprint density at radius 1 is 1.08 bits per heavy atom. The number of benzene rings is 2. The molecule has 1 saturated heterocycles. The highest BCUT2D eigenvalue weighted by Gasteiger charge is 2.22. The van der Waals surface area contributed by atoms with Crippen molar-refractivity contribution in [2.75, 3.05) is 62.0 Å². The van der Waals surface area contributed by atoms with Gasteiger partial charge in [-0.2, -0.15) is 4.98 Å². The molecule has 206 valence electrons. The van der Waals surface area contributed by atoms with E-state index in [0.29, 0.717) is 35.8 Å². The molecule has 1 fully saturated rings. The summed E-state index contributed by atoms with van der Waals surface area (Å²) < 4.78 is 11.1. The highest BCUT2D eigenvalue weighted by molar-refractivity contribution is 6.33. The van der Waals surface area contributed by atoms with E-state index in [1.54, 1.807) is 13.3 Å². The van der Waals surface area contributed by atoms with Crippen LogP contribution in [0.15, 0.2) is 42.6 Å². The topological polar surface area (TPSA) is 118 Å². The molecule has 0 bridgehead atoms. The molecule has 2 aliphatic heterocycles. The normalized spacial score (nSPS) is 16.6. The molecule has 0 spiro atoms. The summed E-state index contributed by atoms with van der Waals surface area (Å²) in [6.45, 7) is 6.56. The average molecular weight is 552 g/mol. The quantitative estimate of drug-likeness (QED) is 0.385. The van der Waals surface area contributed by atoms with Crippen molar-refractivity contribution in [3.05, 3.63) is 58.7 Å². The van der Waals surface area contributed by atoms with Gasteiger partial charge in [0.25, 0.3) is 0 Å². The number of rotatable bonds is 8. The van der Waals surface area contributed by atoms with Gasteiger partial charge in [0.1, 0.15) is 10.8 Å². The van der Waals surface area contributed by atoms with E-state index < -0.39 is 0 Å². The van der Waals surface area contributed by atoms with Crippen LogP contribution >= 0.6 is 11.6 Å². The molecule has 5 rings (SSSR count). The van der Waals surface area contributed by atoms with Crippen molar-refractivity contribution in [2.24, 2.45) is 5.73 Å². The fourth-order valence-corrected chi connectivity index (χ4v) is 5.10. The molecule has 2 aromatic carbocycles. The molecule has 10 nitrogen and oxygen atoms in total. The van der Waals surface area contributed by atoms with Crippen molar-refractivity contribution in [2.45, 2.75) is 25.8 Å². The molecular weight excluding hydrogens is 518 g/mol. The molecule has 0 aliphatic carbocycles. The number of morpholine rings is 1. The number of hydrogen-bond donors (Lipinski definition) is 3. The largest absolute Gasteiger partial charge is 0.494 e. The van der Waals surface area contributed by atoms with Gasteiger partial charge in [0.05, 0.1) is 38.2 Å². The van der Waals surface area contributed by atoms with Gasteiger partial charge in [-0.15, -0.1) is 0 Å². The molecule has 3 aromatic rings. The first-order valence-corrected chi connectivity index (χ1v) is 13.5. The summed E-state index contributed by atoms with van der Waals surface area (Å²) in [5.41, 5.74) is 10.7. The lowest BCUT2D eigenvalue weighted by molar-refractivity contribution is -0.122. The van der Waals surface area contributed by atoms with Crippen molar-refractivity contribution >= 4 is 46.3 Å². The first kappa shape index (κ1) is 27.0. The molecular formula is C28H34ClN7O3. The van der Waals surface area contributed by atoms with Gasteiger partial charge >= 0.3 is 0 Å². The lowest BCUT2D eigenvalue weighted by atomic mass is 10.0. The Kier molecular flexibility index (Phi) is 8.35. The summed E-state index contributed by atoms with van der Waals surface area (Å²) in [6, 6.07) is 12.0. The maximum absolute atomic E-state index is 11.7. The van der Waals surface area contributed by atoms with Gasteiger partial charge in [-0.3, -0.25) is 9.69 Å². The van der Waals surface area contributed by atoms with Crippen LogP contribution in [0.25, 0.3) is 0 Å². The van der Waals surface area contributed by atoms with E-state index in [1.807, 2.05) is 31.2 Å². The van der Waals surface area contributed by atoms with Crippen LogP contribution < -0.4 is 26.0 Å². The SMILES string of the molecule is COc1cc(N2CCOCC2)ccc1Nc1nc(Nc2ccc3c(c2)CCN(C(C)C(N)=O)CC3)ncc1Cl. The van der Waals surface area contributed by atoms with E-state index in [1.165, 1.54) is 11.1 Å². The minimum absolute atomic E-state index is 0.278. The highest BCUT2D eigenvalue weighted by Crippen LogP contribution is 2.34. The van der Waals surface area contributed by atoms with Crippen molar-refractivity contribution in [3.63, 3.8) is 0 Å². The number of amides is 1. The number of nitrogens with zero attached hydrogens (tertiary/aromatic N) is 4. The Morgan fingerprint density at radius 2 is 1.85 bits per heavy atom. The third kappa shape index (κ3) is 6.35. The first-order valence-electron chi connectivity index (χ1n) is 13.1. The minimum atomic E-state index is -0.293. The summed E-state index contributed by atoms with van der Waals surface area (Å²) in [4.78, 5) is 25.1. The second-order valence-electron chi connectivity index (χ2n) is 9.72. The lowest BCUT2D eigenvalue weighted by Crippen LogP contribution is -2.43. The lowest BCUT2D eigenvalue weighted by Gasteiger charge is -2.29. The third-order valence-corrected chi connectivity index (χ3v) is 7.59. The van der Waals surface area contributed by atoms with E-state index in [4.69, 9.17) is 26.8 Å². The Bertz CT molecular complexity index is 1330. The molecule has 2 aliphatic rings. The number of carbonyl (C=O) groups is 1. The zero-order valence-electron chi connectivity index (χ0n) is 22.2. The fraction of sp³-hybridized carbons (Fsp3) is 0.393. The highest BCUT2D eigenvalue weighted by atomic mass is 35.5. The third-order valence-electron chi connectivity index (χ3n) is 7.32. The molecule has 0 radical (unpaired) electrons. The Morgan fingerprint density at radius 3 is 2.59 bits per heavy atom. The van der Waals surface area contributed by atoms with Gasteiger partial charge < -0.3 is 30.7 Å². The number of halogens is 1. The average Bonchev–Trinajstić information content (AvgIpc) is 3.17. The predicted octanol–water partition coefficient (Wildman–Crippen LogP) is 3.74. The standard InChI is InChI=1S/C28H34ClN7O3/c1-18(26(30)37)35-9-7-19-3-4-21(15-20(19)8-10-35)32-28-31-17-23(29)27(34-28)33-24-6-5-22(16-25(24)38-2)36-11-13-39-14-12-36/h3-6,15-18H,7-14H2,1-2H3,(H2,30,37)(H2,31,32,33,34). The maximum atomic E-state index is 11.7. The molecule has 1 aromatic heterocycles. The van der Waals surface area contributed by atoms with E-state index in [-0.39, 0.29) is 11.9 Å². The number of methoxy groups -OCH3 is 1. The smallest absolute Gasteiger partial charge is 0.234 e. The number of ether oxygens (including phenoxy) is 2.